The average Bonchev–Trinajstić information content (AvgIpc) is 2.82. The summed E-state index contributed by atoms with van der Waals surface area (Å²) in [6, 6.07) is 7.08. The molecule has 0 bridgehead atoms. The predicted molar refractivity (Wildman–Crippen MR) is 92.8 cm³/mol. The monoisotopic (exact) mass is 348 g/mol. The second-order valence-corrected chi connectivity index (χ2v) is 5.89. The van der Waals surface area contributed by atoms with Crippen molar-refractivity contribution in [2.24, 2.45) is 0 Å². The maximum atomic E-state index is 6.20. The van der Waals surface area contributed by atoms with Gasteiger partial charge in [0, 0.05) is 10.7 Å². The van der Waals surface area contributed by atoms with Crippen LogP contribution in [0.5, 0.6) is 0 Å². The van der Waals surface area contributed by atoms with Gasteiger partial charge in [-0.25, -0.2) is 14.6 Å². The number of aryl methyl sites for hydroxylation is 2. The van der Waals surface area contributed by atoms with E-state index in [-0.39, 0.29) is 0 Å². The number of aromatic nitrogens is 4. The lowest BCUT2D eigenvalue weighted by Crippen LogP contribution is -2.09. The molecule has 0 amide bonds. The van der Waals surface area contributed by atoms with Crippen molar-refractivity contribution in [2.75, 3.05) is 11.1 Å². The fourth-order valence-electron chi connectivity index (χ4n) is 2.22. The van der Waals surface area contributed by atoms with Crippen LogP contribution in [0.3, 0.4) is 0 Å². The molecular weight excluding hydrogens is 335 g/mol. The molecule has 0 saturated heterocycles. The van der Waals surface area contributed by atoms with Crippen LogP contribution in [0.1, 0.15) is 11.4 Å². The Kier molecular flexibility index (Phi) is 4.11. The van der Waals surface area contributed by atoms with Crippen LogP contribution in [-0.2, 0) is 0 Å². The summed E-state index contributed by atoms with van der Waals surface area (Å²) in [7, 11) is 0. The number of nitrogen functional groups attached to an aromatic ring is 1. The van der Waals surface area contributed by atoms with Crippen molar-refractivity contribution >= 4 is 40.4 Å². The lowest BCUT2D eigenvalue weighted by Gasteiger charge is -2.13. The third-order valence-corrected chi connectivity index (χ3v) is 3.81. The van der Waals surface area contributed by atoms with Gasteiger partial charge in [0.2, 0.25) is 0 Å². The van der Waals surface area contributed by atoms with Gasteiger partial charge in [0.1, 0.15) is 12.0 Å². The smallest absolute Gasteiger partial charge is 0.182 e. The van der Waals surface area contributed by atoms with Gasteiger partial charge in [-0.2, -0.15) is 5.10 Å². The maximum absolute atomic E-state index is 6.20. The number of hydrogen-bond acceptors (Lipinski definition) is 5. The van der Waals surface area contributed by atoms with Gasteiger partial charge < -0.3 is 11.1 Å². The first-order chi connectivity index (χ1) is 11.0. The minimum atomic E-state index is 0.379. The summed E-state index contributed by atoms with van der Waals surface area (Å²) in [5, 5.41) is 8.52. The number of benzene rings is 1. The van der Waals surface area contributed by atoms with Gasteiger partial charge in [-0.3, -0.25) is 0 Å². The Morgan fingerprint density at radius 3 is 2.57 bits per heavy atom. The molecule has 23 heavy (non-hydrogen) atoms. The van der Waals surface area contributed by atoms with E-state index in [0.717, 1.165) is 11.4 Å². The van der Waals surface area contributed by atoms with Gasteiger partial charge in [0.05, 0.1) is 16.4 Å². The molecule has 3 rings (SSSR count). The summed E-state index contributed by atoms with van der Waals surface area (Å²) in [5.74, 6) is 0.963. The van der Waals surface area contributed by atoms with Gasteiger partial charge in [-0.1, -0.05) is 23.2 Å². The van der Waals surface area contributed by atoms with E-state index in [0.29, 0.717) is 33.1 Å². The minimum absolute atomic E-state index is 0.379. The Hall–Kier alpha value is -2.31. The van der Waals surface area contributed by atoms with Crippen molar-refractivity contribution in [3.8, 4) is 5.82 Å². The number of hydrogen-bond donors (Lipinski definition) is 2. The molecule has 0 fully saturated rings. The van der Waals surface area contributed by atoms with E-state index in [4.69, 9.17) is 28.9 Å². The Balaban J connectivity index is 2.01. The third kappa shape index (κ3) is 3.09. The van der Waals surface area contributed by atoms with E-state index in [1.807, 2.05) is 19.9 Å². The molecule has 0 unspecified atom stereocenters. The molecule has 0 aliphatic rings. The Labute approximate surface area is 143 Å². The van der Waals surface area contributed by atoms with Crippen molar-refractivity contribution < 1.29 is 0 Å². The van der Waals surface area contributed by atoms with E-state index in [9.17, 15) is 0 Å². The molecule has 3 aromatic rings. The number of halogens is 2. The van der Waals surface area contributed by atoms with Crippen LogP contribution < -0.4 is 11.1 Å². The molecule has 2 heterocycles. The van der Waals surface area contributed by atoms with Crippen LogP contribution in [0.4, 0.5) is 17.2 Å². The first-order valence-electron chi connectivity index (χ1n) is 6.82. The van der Waals surface area contributed by atoms with Crippen LogP contribution in [0.2, 0.25) is 10.0 Å². The Morgan fingerprint density at radius 2 is 1.91 bits per heavy atom. The first-order valence-corrected chi connectivity index (χ1v) is 7.57. The molecule has 0 spiro atoms. The second kappa shape index (κ2) is 6.06. The normalized spacial score (nSPS) is 10.8. The summed E-state index contributed by atoms with van der Waals surface area (Å²) in [5.41, 5.74) is 9.06. The molecule has 0 aliphatic heterocycles. The van der Waals surface area contributed by atoms with Gasteiger partial charge in [0.25, 0.3) is 0 Å². The number of anilines is 3. The molecular formula is C15H14Cl2N6. The summed E-state index contributed by atoms with van der Waals surface area (Å²) in [4.78, 5) is 8.41. The number of nitrogens with one attached hydrogen (secondary N) is 1. The lowest BCUT2D eigenvalue weighted by molar-refractivity contribution is 0.804. The molecule has 8 heteroatoms. The molecule has 0 radical (unpaired) electrons. The van der Waals surface area contributed by atoms with Crippen LogP contribution >= 0.6 is 23.2 Å². The molecule has 3 N–H and O–H groups in total. The lowest BCUT2D eigenvalue weighted by atomic mass is 10.3. The van der Waals surface area contributed by atoms with Crippen molar-refractivity contribution in [1.29, 1.82) is 0 Å². The Morgan fingerprint density at radius 1 is 1.13 bits per heavy atom. The van der Waals surface area contributed by atoms with Crippen LogP contribution in [-0.4, -0.2) is 19.7 Å². The van der Waals surface area contributed by atoms with Crippen LogP contribution in [0.25, 0.3) is 5.82 Å². The fraction of sp³-hybridized carbons (Fsp3) is 0.133. The molecule has 1 aromatic carbocycles. The molecule has 118 valence electrons. The van der Waals surface area contributed by atoms with Gasteiger partial charge >= 0.3 is 0 Å². The van der Waals surface area contributed by atoms with E-state index in [1.54, 1.807) is 22.9 Å². The Bertz CT molecular complexity index is 874. The predicted octanol–water partition coefficient (Wildman–Crippen LogP) is 3.91. The topological polar surface area (TPSA) is 81.7 Å². The summed E-state index contributed by atoms with van der Waals surface area (Å²) in [6.45, 7) is 3.85. The SMILES string of the molecule is Cc1cc(C)n(-c2ncnc(Nc3ccc(Cl)cc3Cl)c2N)n1. The van der Waals surface area contributed by atoms with Gasteiger partial charge in [-0.15, -0.1) is 0 Å². The van der Waals surface area contributed by atoms with Crippen molar-refractivity contribution in [2.45, 2.75) is 13.8 Å². The second-order valence-electron chi connectivity index (χ2n) is 5.05. The largest absolute Gasteiger partial charge is 0.393 e. The molecule has 6 nitrogen and oxygen atoms in total. The van der Waals surface area contributed by atoms with Crippen LogP contribution in [0, 0.1) is 13.8 Å². The summed E-state index contributed by atoms with van der Waals surface area (Å²) >= 11 is 12.1. The zero-order chi connectivity index (χ0) is 16.6. The highest BCUT2D eigenvalue weighted by atomic mass is 35.5. The molecule has 0 saturated carbocycles. The van der Waals surface area contributed by atoms with E-state index >= 15 is 0 Å². The average molecular weight is 349 g/mol. The van der Waals surface area contributed by atoms with Crippen LogP contribution in [0.15, 0.2) is 30.6 Å². The molecule has 0 atom stereocenters. The van der Waals surface area contributed by atoms with Crippen molar-refractivity contribution in [1.82, 2.24) is 19.7 Å². The molecule has 2 aromatic heterocycles. The minimum Gasteiger partial charge on any atom is -0.393 e. The highest BCUT2D eigenvalue weighted by Crippen LogP contribution is 2.31. The number of nitrogens with two attached hydrogens (primary N) is 1. The molecule has 0 aliphatic carbocycles. The van der Waals surface area contributed by atoms with Gasteiger partial charge in [0.15, 0.2) is 11.6 Å². The maximum Gasteiger partial charge on any atom is 0.182 e. The van der Waals surface area contributed by atoms with Gasteiger partial charge in [-0.05, 0) is 38.1 Å². The summed E-state index contributed by atoms with van der Waals surface area (Å²) in [6.07, 6.45) is 1.42. The quantitative estimate of drug-likeness (QED) is 0.749. The summed E-state index contributed by atoms with van der Waals surface area (Å²) < 4.78 is 1.68. The zero-order valence-electron chi connectivity index (χ0n) is 12.5. The highest BCUT2D eigenvalue weighted by molar-refractivity contribution is 6.36. The standard InChI is InChI=1S/C15H14Cl2N6/c1-8-5-9(2)23(22-8)15-13(18)14(19-7-20-15)21-12-4-3-10(16)6-11(12)17/h3-7H,18H2,1-2H3,(H,19,20,21). The van der Waals surface area contributed by atoms with Crippen molar-refractivity contribution in [3.05, 3.63) is 52.0 Å². The zero-order valence-corrected chi connectivity index (χ0v) is 14.0. The van der Waals surface area contributed by atoms with E-state index < -0.39 is 0 Å². The number of nitrogens with zero attached hydrogens (tertiary/aromatic N) is 4. The number of rotatable bonds is 3. The van der Waals surface area contributed by atoms with E-state index in [2.05, 4.69) is 20.4 Å². The van der Waals surface area contributed by atoms with E-state index in [1.165, 1.54) is 6.33 Å². The van der Waals surface area contributed by atoms with Crippen molar-refractivity contribution in [3.63, 3.8) is 0 Å². The third-order valence-electron chi connectivity index (χ3n) is 3.26. The first kappa shape index (κ1) is 15.6. The highest BCUT2D eigenvalue weighted by Gasteiger charge is 2.14. The fourth-order valence-corrected chi connectivity index (χ4v) is 2.67.